The molecule has 0 unspecified atom stereocenters. The van der Waals surface area contributed by atoms with Crippen molar-refractivity contribution in [1.82, 2.24) is 5.23 Å². The SMILES string of the molecule is CC(=CCCCc1ccccc1)C(=O)N(O)O. The Morgan fingerprint density at radius 1 is 1.29 bits per heavy atom. The van der Waals surface area contributed by atoms with Gasteiger partial charge in [0.05, 0.1) is 0 Å². The summed E-state index contributed by atoms with van der Waals surface area (Å²) in [6.07, 6.45) is 4.32. The quantitative estimate of drug-likeness (QED) is 0.357. The molecule has 1 rings (SSSR count). The minimum absolute atomic E-state index is 0.336. The molecular weight excluding hydrogens is 218 g/mol. The lowest BCUT2D eigenvalue weighted by Gasteiger charge is -2.05. The minimum atomic E-state index is -0.787. The molecule has 0 heterocycles. The van der Waals surface area contributed by atoms with Gasteiger partial charge < -0.3 is 0 Å². The van der Waals surface area contributed by atoms with E-state index in [1.165, 1.54) is 5.56 Å². The van der Waals surface area contributed by atoms with Crippen LogP contribution >= 0.6 is 0 Å². The van der Waals surface area contributed by atoms with Crippen LogP contribution in [0.4, 0.5) is 0 Å². The van der Waals surface area contributed by atoms with Crippen molar-refractivity contribution in [1.29, 1.82) is 0 Å². The van der Waals surface area contributed by atoms with Gasteiger partial charge in [-0.25, -0.2) is 0 Å². The maximum atomic E-state index is 11.1. The van der Waals surface area contributed by atoms with Crippen molar-refractivity contribution in [3.63, 3.8) is 0 Å². The predicted molar refractivity (Wildman–Crippen MR) is 63.6 cm³/mol. The molecule has 1 aromatic carbocycles. The van der Waals surface area contributed by atoms with Crippen LogP contribution in [0.3, 0.4) is 0 Å². The summed E-state index contributed by atoms with van der Waals surface area (Å²) >= 11 is 0. The molecule has 92 valence electrons. The van der Waals surface area contributed by atoms with E-state index in [4.69, 9.17) is 10.4 Å². The van der Waals surface area contributed by atoms with Gasteiger partial charge >= 0.3 is 0 Å². The van der Waals surface area contributed by atoms with Crippen molar-refractivity contribution < 1.29 is 15.2 Å². The van der Waals surface area contributed by atoms with Crippen LogP contribution in [0, 0.1) is 0 Å². The number of unbranched alkanes of at least 4 members (excludes halogenated alkanes) is 1. The standard InChI is InChI=1S/C13H17NO3/c1-11(13(15)14(16)17)7-5-6-10-12-8-3-2-4-9-12/h2-4,7-9,16-17H,5-6,10H2,1H3. The maximum Gasteiger partial charge on any atom is 0.298 e. The summed E-state index contributed by atoms with van der Waals surface area (Å²) in [6, 6.07) is 10.1. The van der Waals surface area contributed by atoms with Gasteiger partial charge in [-0.3, -0.25) is 15.2 Å². The Morgan fingerprint density at radius 2 is 1.94 bits per heavy atom. The smallest absolute Gasteiger partial charge is 0.265 e. The number of nitrogens with zero attached hydrogens (tertiary/aromatic N) is 1. The number of hydroxylamine groups is 2. The number of carbonyl (C=O) groups is 1. The number of hydrogen-bond acceptors (Lipinski definition) is 3. The second-order valence-electron chi connectivity index (χ2n) is 3.86. The maximum absolute atomic E-state index is 11.1. The van der Waals surface area contributed by atoms with Gasteiger partial charge in [0.1, 0.15) is 0 Å². The molecule has 0 aliphatic carbocycles. The Hall–Kier alpha value is -1.65. The van der Waals surface area contributed by atoms with Crippen molar-refractivity contribution in [3.8, 4) is 0 Å². The Bertz CT molecular complexity index is 385. The first-order valence-electron chi connectivity index (χ1n) is 5.54. The van der Waals surface area contributed by atoms with Gasteiger partial charge in [0, 0.05) is 5.57 Å². The number of allylic oxidation sites excluding steroid dienone is 1. The summed E-state index contributed by atoms with van der Waals surface area (Å²) in [5.74, 6) is -0.787. The lowest BCUT2D eigenvalue weighted by Crippen LogP contribution is -2.23. The first kappa shape index (κ1) is 13.4. The van der Waals surface area contributed by atoms with Gasteiger partial charge in [0.25, 0.3) is 5.91 Å². The van der Waals surface area contributed by atoms with Crippen molar-refractivity contribution in [2.75, 3.05) is 0 Å². The topological polar surface area (TPSA) is 60.8 Å². The van der Waals surface area contributed by atoms with Crippen LogP contribution in [0.2, 0.25) is 0 Å². The first-order chi connectivity index (χ1) is 8.11. The van der Waals surface area contributed by atoms with E-state index in [9.17, 15) is 4.79 Å². The van der Waals surface area contributed by atoms with Crippen LogP contribution < -0.4 is 0 Å². The van der Waals surface area contributed by atoms with Crippen molar-refractivity contribution >= 4 is 5.91 Å². The molecule has 2 N–H and O–H groups in total. The van der Waals surface area contributed by atoms with Crippen LogP contribution in [0.25, 0.3) is 0 Å². The third-order valence-electron chi connectivity index (χ3n) is 2.48. The van der Waals surface area contributed by atoms with Crippen molar-refractivity contribution in [2.24, 2.45) is 0 Å². The molecule has 0 aliphatic heterocycles. The molecule has 0 saturated carbocycles. The molecule has 0 fully saturated rings. The Kier molecular flexibility index (Phi) is 5.39. The first-order valence-corrected chi connectivity index (χ1v) is 5.54. The Labute approximate surface area is 101 Å². The van der Waals surface area contributed by atoms with Gasteiger partial charge in [0.2, 0.25) is 0 Å². The number of amides is 1. The normalized spacial score (nSPS) is 11.4. The van der Waals surface area contributed by atoms with Crippen molar-refractivity contribution in [2.45, 2.75) is 26.2 Å². The summed E-state index contributed by atoms with van der Waals surface area (Å²) in [5.41, 5.74) is 1.60. The molecule has 4 nitrogen and oxygen atoms in total. The van der Waals surface area contributed by atoms with E-state index in [1.54, 1.807) is 13.0 Å². The number of rotatable bonds is 5. The molecule has 0 bridgehead atoms. The van der Waals surface area contributed by atoms with Crippen LogP contribution in [-0.4, -0.2) is 21.5 Å². The zero-order valence-electron chi connectivity index (χ0n) is 9.84. The van der Waals surface area contributed by atoms with Gasteiger partial charge in [0.15, 0.2) is 0 Å². The third-order valence-corrected chi connectivity index (χ3v) is 2.48. The molecule has 1 aromatic rings. The highest BCUT2D eigenvalue weighted by Crippen LogP contribution is 2.07. The van der Waals surface area contributed by atoms with E-state index in [2.05, 4.69) is 12.1 Å². The average Bonchev–Trinajstić information content (AvgIpc) is 2.34. The van der Waals surface area contributed by atoms with E-state index in [0.29, 0.717) is 5.57 Å². The van der Waals surface area contributed by atoms with E-state index in [1.807, 2.05) is 18.2 Å². The zero-order chi connectivity index (χ0) is 12.7. The monoisotopic (exact) mass is 235 g/mol. The summed E-state index contributed by atoms with van der Waals surface area (Å²) in [5, 5.41) is 16.7. The lowest BCUT2D eigenvalue weighted by molar-refractivity contribution is -0.281. The molecule has 0 saturated heterocycles. The highest BCUT2D eigenvalue weighted by molar-refractivity contribution is 5.91. The summed E-state index contributed by atoms with van der Waals surface area (Å²) < 4.78 is 0. The molecule has 0 aliphatic rings. The number of hydrogen-bond donors (Lipinski definition) is 2. The highest BCUT2D eigenvalue weighted by Gasteiger charge is 2.08. The Balaban J connectivity index is 2.33. The lowest BCUT2D eigenvalue weighted by atomic mass is 10.1. The summed E-state index contributed by atoms with van der Waals surface area (Å²) in [6.45, 7) is 1.56. The van der Waals surface area contributed by atoms with Gasteiger partial charge in [-0.15, -0.1) is 0 Å². The van der Waals surface area contributed by atoms with E-state index in [-0.39, 0.29) is 5.23 Å². The molecule has 0 aromatic heterocycles. The van der Waals surface area contributed by atoms with Gasteiger partial charge in [-0.1, -0.05) is 41.6 Å². The molecule has 0 radical (unpaired) electrons. The predicted octanol–water partition coefficient (Wildman–Crippen LogP) is 2.56. The second-order valence-corrected chi connectivity index (χ2v) is 3.86. The molecular formula is C13H17NO3. The Morgan fingerprint density at radius 3 is 2.53 bits per heavy atom. The minimum Gasteiger partial charge on any atom is -0.265 e. The fourth-order valence-electron chi connectivity index (χ4n) is 1.51. The molecule has 0 spiro atoms. The van der Waals surface area contributed by atoms with Crippen LogP contribution in [0.15, 0.2) is 42.0 Å². The fourth-order valence-corrected chi connectivity index (χ4v) is 1.51. The summed E-state index contributed by atoms with van der Waals surface area (Å²) in [4.78, 5) is 11.1. The van der Waals surface area contributed by atoms with Crippen LogP contribution in [0.5, 0.6) is 0 Å². The number of carbonyl (C=O) groups excluding carboxylic acids is 1. The molecule has 4 heteroatoms. The third kappa shape index (κ3) is 4.80. The van der Waals surface area contributed by atoms with E-state index >= 15 is 0 Å². The van der Waals surface area contributed by atoms with Crippen LogP contribution in [-0.2, 0) is 11.2 Å². The van der Waals surface area contributed by atoms with Crippen molar-refractivity contribution in [3.05, 3.63) is 47.5 Å². The largest absolute Gasteiger partial charge is 0.298 e. The number of aryl methyl sites for hydroxylation is 1. The van der Waals surface area contributed by atoms with Crippen LogP contribution in [0.1, 0.15) is 25.3 Å². The molecule has 1 amide bonds. The highest BCUT2D eigenvalue weighted by atomic mass is 16.8. The van der Waals surface area contributed by atoms with Gasteiger partial charge in [-0.2, -0.15) is 0 Å². The zero-order valence-corrected chi connectivity index (χ0v) is 9.84. The molecule has 0 atom stereocenters. The van der Waals surface area contributed by atoms with E-state index in [0.717, 1.165) is 19.3 Å². The average molecular weight is 235 g/mol. The summed E-state index contributed by atoms with van der Waals surface area (Å²) in [7, 11) is 0. The molecule has 17 heavy (non-hydrogen) atoms. The van der Waals surface area contributed by atoms with E-state index < -0.39 is 5.91 Å². The second kappa shape index (κ2) is 6.83. The fraction of sp³-hybridized carbons (Fsp3) is 0.308. The van der Waals surface area contributed by atoms with Gasteiger partial charge in [-0.05, 0) is 31.7 Å². The number of benzene rings is 1.